The maximum Gasteiger partial charge on any atom is 0.472 e. The molecule has 0 rings (SSSR count). The fourth-order valence-corrected chi connectivity index (χ4v) is 6.79. The number of nitrogens with two attached hydrogens (primary N) is 1. The topological polar surface area (TPSA) is 155 Å². The fourth-order valence-electron chi connectivity index (χ4n) is 6.01. The van der Waals surface area contributed by atoms with Crippen molar-refractivity contribution in [3.8, 4) is 0 Å². The van der Waals surface area contributed by atoms with Crippen LogP contribution in [0.3, 0.4) is 0 Å². The molecule has 0 aliphatic carbocycles. The first kappa shape index (κ1) is 58.1. The van der Waals surface area contributed by atoms with Crippen molar-refractivity contribution in [2.24, 2.45) is 5.73 Å². The molecule has 0 aromatic rings. The van der Waals surface area contributed by atoms with E-state index >= 15 is 0 Å². The highest BCUT2D eigenvalue weighted by atomic mass is 31.2. The molecule has 10 nitrogen and oxygen atoms in total. The average molecular weight is 876 g/mol. The number of unbranched alkanes of at least 4 members (excludes halogenated alkanes) is 16. The number of carboxylic acid groups (broad SMARTS) is 1. The van der Waals surface area contributed by atoms with Crippen LogP contribution < -0.4 is 5.73 Å². The van der Waals surface area contributed by atoms with Crippen LogP contribution in [0.15, 0.2) is 85.1 Å². The molecule has 0 saturated heterocycles. The standard InChI is InChI=1S/C50H86NO9P/c1-3-5-7-9-11-13-15-17-19-21-23-24-25-26-28-30-32-34-36-38-40-42-49(52)60-47(45-58-61(55,56)59-46-48(51)50(53)54)44-57-43-41-39-37-35-33-31-29-27-22-20-18-16-14-12-10-8-6-4-2/h6,8,12,14-15,17-18,20-21,23,27,29,33,35,47-48H,3-5,7,9-11,13,16,19,22,24-26,28,30-32,34,36-46,51H2,1-2H3,(H,53,54)(H,55,56)/b8-6-,14-12-,17-15-,20-18-,23-21-,29-27-,35-33-. The van der Waals surface area contributed by atoms with Gasteiger partial charge in [-0.3, -0.25) is 18.6 Å². The van der Waals surface area contributed by atoms with Crippen molar-refractivity contribution in [2.45, 2.75) is 193 Å². The number of phosphoric acid groups is 1. The molecule has 0 heterocycles. The van der Waals surface area contributed by atoms with Crippen molar-refractivity contribution >= 4 is 19.8 Å². The zero-order valence-corrected chi connectivity index (χ0v) is 39.1. The Morgan fingerprint density at radius 3 is 1.43 bits per heavy atom. The second-order valence-electron chi connectivity index (χ2n) is 15.5. The molecule has 4 N–H and O–H groups in total. The van der Waals surface area contributed by atoms with Gasteiger partial charge in [0.05, 0.1) is 19.8 Å². The number of ether oxygens (including phenoxy) is 2. The van der Waals surface area contributed by atoms with Gasteiger partial charge in [-0.2, -0.15) is 0 Å². The van der Waals surface area contributed by atoms with Crippen molar-refractivity contribution in [3.63, 3.8) is 0 Å². The molecule has 0 amide bonds. The summed E-state index contributed by atoms with van der Waals surface area (Å²) in [4.78, 5) is 33.6. The third kappa shape index (κ3) is 45.0. The Bertz CT molecular complexity index is 1290. The molecule has 0 radical (unpaired) electrons. The van der Waals surface area contributed by atoms with E-state index in [0.717, 1.165) is 83.5 Å². The Balaban J connectivity index is 4.29. The molecular weight excluding hydrogens is 790 g/mol. The van der Waals surface area contributed by atoms with Gasteiger partial charge in [0.2, 0.25) is 0 Å². The van der Waals surface area contributed by atoms with E-state index in [9.17, 15) is 19.0 Å². The molecule has 3 unspecified atom stereocenters. The van der Waals surface area contributed by atoms with E-state index in [1.807, 2.05) is 0 Å². The number of hydrogen-bond acceptors (Lipinski definition) is 8. The lowest BCUT2D eigenvalue weighted by Gasteiger charge is -2.20. The van der Waals surface area contributed by atoms with E-state index in [0.29, 0.717) is 13.0 Å². The predicted molar refractivity (Wildman–Crippen MR) is 253 cm³/mol. The first-order valence-electron chi connectivity index (χ1n) is 23.6. The molecule has 0 aromatic carbocycles. The van der Waals surface area contributed by atoms with Gasteiger partial charge >= 0.3 is 19.8 Å². The summed E-state index contributed by atoms with van der Waals surface area (Å²) >= 11 is 0. The third-order valence-corrected chi connectivity index (χ3v) is 10.6. The minimum Gasteiger partial charge on any atom is -0.480 e. The number of aliphatic carboxylic acids is 1. The summed E-state index contributed by atoms with van der Waals surface area (Å²) in [5.41, 5.74) is 5.36. The summed E-state index contributed by atoms with van der Waals surface area (Å²) in [6, 6.07) is -1.49. The van der Waals surface area contributed by atoms with Crippen LogP contribution >= 0.6 is 7.82 Å². The molecular formula is C50H86NO9P. The van der Waals surface area contributed by atoms with Crippen molar-refractivity contribution in [3.05, 3.63) is 85.1 Å². The predicted octanol–water partition coefficient (Wildman–Crippen LogP) is 13.5. The van der Waals surface area contributed by atoms with Gasteiger partial charge < -0.3 is 25.2 Å². The Morgan fingerprint density at radius 2 is 0.951 bits per heavy atom. The van der Waals surface area contributed by atoms with Crippen molar-refractivity contribution in [1.82, 2.24) is 0 Å². The number of carbonyl (C=O) groups excluding carboxylic acids is 1. The lowest BCUT2D eigenvalue weighted by Crippen LogP contribution is -2.34. The SMILES string of the molecule is CC/C=C\C/C=C\C/C=C\C/C=C\C/C=C\CCCCOCC(COP(=O)(O)OCC(N)C(=O)O)OC(=O)CCCCCCCCCCC/C=C\C/C=C\CCCCCCC. The minimum atomic E-state index is -4.64. The number of hydrogen-bond donors (Lipinski definition) is 3. The number of rotatable bonds is 44. The Morgan fingerprint density at radius 1 is 0.541 bits per heavy atom. The van der Waals surface area contributed by atoms with Gasteiger partial charge in [0, 0.05) is 13.0 Å². The molecule has 0 bridgehead atoms. The fraction of sp³-hybridized carbons (Fsp3) is 0.680. The summed E-state index contributed by atoms with van der Waals surface area (Å²) in [5, 5.41) is 8.91. The van der Waals surface area contributed by atoms with Gasteiger partial charge in [-0.1, -0.05) is 170 Å². The van der Waals surface area contributed by atoms with Gasteiger partial charge in [-0.15, -0.1) is 0 Å². The molecule has 11 heteroatoms. The van der Waals surface area contributed by atoms with Gasteiger partial charge in [-0.05, 0) is 89.9 Å². The normalized spacial score (nSPS) is 14.6. The molecule has 350 valence electrons. The van der Waals surface area contributed by atoms with Gasteiger partial charge in [0.1, 0.15) is 12.1 Å². The molecule has 0 saturated carbocycles. The van der Waals surface area contributed by atoms with Crippen LogP contribution in [0, 0.1) is 0 Å². The van der Waals surface area contributed by atoms with Crippen LogP contribution in [0.4, 0.5) is 0 Å². The lowest BCUT2D eigenvalue weighted by molar-refractivity contribution is -0.154. The van der Waals surface area contributed by atoms with Gasteiger partial charge in [0.25, 0.3) is 0 Å². The number of carbonyl (C=O) groups is 2. The van der Waals surface area contributed by atoms with Gasteiger partial charge in [-0.25, -0.2) is 4.57 Å². The number of esters is 1. The van der Waals surface area contributed by atoms with E-state index < -0.39 is 45.1 Å². The first-order valence-corrected chi connectivity index (χ1v) is 25.1. The highest BCUT2D eigenvalue weighted by Gasteiger charge is 2.27. The van der Waals surface area contributed by atoms with E-state index in [-0.39, 0.29) is 13.0 Å². The summed E-state index contributed by atoms with van der Waals surface area (Å²) in [7, 11) is -4.64. The molecule has 0 aliphatic rings. The third-order valence-electron chi connectivity index (χ3n) is 9.66. The summed E-state index contributed by atoms with van der Waals surface area (Å²) in [6.07, 6.45) is 57.8. The van der Waals surface area contributed by atoms with Crippen LogP contribution in [-0.4, -0.2) is 60.5 Å². The van der Waals surface area contributed by atoms with E-state index in [1.54, 1.807) is 0 Å². The molecule has 0 fully saturated rings. The Hall–Kier alpha value is -2.85. The highest BCUT2D eigenvalue weighted by Crippen LogP contribution is 2.43. The number of allylic oxidation sites excluding steroid dienone is 14. The molecule has 0 aromatic heterocycles. The first-order chi connectivity index (χ1) is 29.7. The highest BCUT2D eigenvalue weighted by molar-refractivity contribution is 7.47. The minimum absolute atomic E-state index is 0.0189. The Labute approximate surface area is 371 Å². The van der Waals surface area contributed by atoms with Crippen molar-refractivity contribution in [2.75, 3.05) is 26.4 Å². The maximum absolute atomic E-state index is 12.7. The quantitative estimate of drug-likeness (QED) is 0.0233. The lowest BCUT2D eigenvalue weighted by atomic mass is 10.1. The average Bonchev–Trinajstić information content (AvgIpc) is 3.24. The van der Waals surface area contributed by atoms with Crippen LogP contribution in [0.2, 0.25) is 0 Å². The summed E-state index contributed by atoms with van der Waals surface area (Å²) < 4.78 is 33.4. The van der Waals surface area contributed by atoms with E-state index in [4.69, 9.17) is 29.4 Å². The summed E-state index contributed by atoms with van der Waals surface area (Å²) in [6.45, 7) is 3.64. The van der Waals surface area contributed by atoms with E-state index in [2.05, 4.69) is 98.9 Å². The van der Waals surface area contributed by atoms with E-state index in [1.165, 1.54) is 70.6 Å². The molecule has 61 heavy (non-hydrogen) atoms. The van der Waals surface area contributed by atoms with Gasteiger partial charge in [0.15, 0.2) is 0 Å². The maximum atomic E-state index is 12.7. The second-order valence-corrected chi connectivity index (χ2v) is 17.0. The number of carboxylic acids is 1. The largest absolute Gasteiger partial charge is 0.480 e. The molecule has 0 aliphatic heterocycles. The smallest absolute Gasteiger partial charge is 0.472 e. The monoisotopic (exact) mass is 876 g/mol. The Kier molecular flexibility index (Phi) is 43.1. The zero-order chi connectivity index (χ0) is 44.8. The van der Waals surface area contributed by atoms with Crippen molar-refractivity contribution < 1.29 is 42.7 Å². The summed E-state index contributed by atoms with van der Waals surface area (Å²) in [5.74, 6) is -1.81. The van der Waals surface area contributed by atoms with Crippen LogP contribution in [-0.2, 0) is 32.7 Å². The molecule has 3 atom stereocenters. The second kappa shape index (κ2) is 45.2. The van der Waals surface area contributed by atoms with Crippen LogP contribution in [0.1, 0.15) is 181 Å². The molecule has 0 spiro atoms. The van der Waals surface area contributed by atoms with Crippen LogP contribution in [0.5, 0.6) is 0 Å². The van der Waals surface area contributed by atoms with Crippen LogP contribution in [0.25, 0.3) is 0 Å². The zero-order valence-electron chi connectivity index (χ0n) is 38.2. The number of phosphoric ester groups is 1. The van der Waals surface area contributed by atoms with Crippen molar-refractivity contribution in [1.29, 1.82) is 0 Å².